The zero-order valence-corrected chi connectivity index (χ0v) is 11.2. The fourth-order valence-electron chi connectivity index (χ4n) is 1.55. The molecule has 0 saturated carbocycles. The molecule has 0 N–H and O–H groups in total. The van der Waals surface area contributed by atoms with Gasteiger partial charge in [-0.05, 0) is 42.3 Å². The van der Waals surface area contributed by atoms with Gasteiger partial charge in [0.15, 0.2) is 5.71 Å². The molecule has 0 aliphatic heterocycles. The molecular formula is C17H9F3N2. The third-order valence-electron chi connectivity index (χ3n) is 2.60. The Labute approximate surface area is 125 Å². The Morgan fingerprint density at radius 3 is 2.09 bits per heavy atom. The van der Waals surface area contributed by atoms with Gasteiger partial charge in [-0.25, -0.2) is 4.99 Å². The summed E-state index contributed by atoms with van der Waals surface area (Å²) in [6, 6.07) is 15.7. The highest BCUT2D eigenvalue weighted by Crippen LogP contribution is 2.21. The van der Waals surface area contributed by atoms with Crippen LogP contribution in [0.15, 0.2) is 59.6 Å². The van der Waals surface area contributed by atoms with Gasteiger partial charge in [-0.15, -0.1) is 0 Å². The van der Waals surface area contributed by atoms with E-state index in [0.29, 0.717) is 11.1 Å². The first-order valence-corrected chi connectivity index (χ1v) is 6.22. The van der Waals surface area contributed by atoms with E-state index in [-0.39, 0.29) is 5.69 Å². The summed E-state index contributed by atoms with van der Waals surface area (Å²) in [6.45, 7) is 0. The first-order chi connectivity index (χ1) is 10.5. The van der Waals surface area contributed by atoms with E-state index in [1.165, 1.54) is 24.3 Å². The Balaban J connectivity index is 2.37. The second kappa shape index (κ2) is 6.60. The predicted octanol–water partition coefficient (Wildman–Crippen LogP) is 4.24. The predicted molar refractivity (Wildman–Crippen MR) is 77.6 cm³/mol. The van der Waals surface area contributed by atoms with Crippen LogP contribution < -0.4 is 0 Å². The number of nitriles is 1. The largest absolute Gasteiger partial charge is 0.441 e. The van der Waals surface area contributed by atoms with E-state index in [0.717, 1.165) is 0 Å². The van der Waals surface area contributed by atoms with Crippen molar-refractivity contribution in [2.75, 3.05) is 0 Å². The Bertz CT molecular complexity index is 771. The van der Waals surface area contributed by atoms with Gasteiger partial charge in [0, 0.05) is 5.56 Å². The third-order valence-corrected chi connectivity index (χ3v) is 2.60. The molecule has 0 radical (unpaired) electrons. The Morgan fingerprint density at radius 1 is 0.909 bits per heavy atom. The molecule has 2 aromatic rings. The van der Waals surface area contributed by atoms with Crippen LogP contribution in [-0.4, -0.2) is 11.9 Å². The zero-order valence-electron chi connectivity index (χ0n) is 11.2. The highest BCUT2D eigenvalue weighted by molar-refractivity contribution is 6.06. The summed E-state index contributed by atoms with van der Waals surface area (Å²) in [4.78, 5) is 3.53. The lowest BCUT2D eigenvalue weighted by molar-refractivity contribution is -0.0571. The molecule has 0 fully saturated rings. The summed E-state index contributed by atoms with van der Waals surface area (Å²) >= 11 is 0. The number of halogens is 3. The first-order valence-electron chi connectivity index (χ1n) is 6.22. The minimum Gasteiger partial charge on any atom is -0.235 e. The van der Waals surface area contributed by atoms with Crippen molar-refractivity contribution in [1.29, 1.82) is 5.26 Å². The Morgan fingerprint density at radius 2 is 1.55 bits per heavy atom. The third kappa shape index (κ3) is 4.22. The maximum atomic E-state index is 13.0. The molecule has 22 heavy (non-hydrogen) atoms. The van der Waals surface area contributed by atoms with Gasteiger partial charge >= 0.3 is 6.18 Å². The number of nitrogens with zero attached hydrogens (tertiary/aromatic N) is 2. The van der Waals surface area contributed by atoms with E-state index in [1.807, 2.05) is 6.07 Å². The summed E-state index contributed by atoms with van der Waals surface area (Å²) in [7, 11) is 0. The van der Waals surface area contributed by atoms with Gasteiger partial charge in [-0.1, -0.05) is 24.1 Å². The molecule has 0 saturated heterocycles. The molecule has 0 aliphatic carbocycles. The van der Waals surface area contributed by atoms with Crippen LogP contribution in [0.4, 0.5) is 18.9 Å². The van der Waals surface area contributed by atoms with Crippen molar-refractivity contribution in [1.82, 2.24) is 0 Å². The van der Waals surface area contributed by atoms with Crippen LogP contribution in [0.3, 0.4) is 0 Å². The SMILES string of the molecule is N#Cc1ccc(N=C(C#Cc2ccccc2)C(F)(F)F)cc1. The highest BCUT2D eigenvalue weighted by atomic mass is 19.4. The van der Waals surface area contributed by atoms with Crippen LogP contribution in [-0.2, 0) is 0 Å². The van der Waals surface area contributed by atoms with Gasteiger partial charge in [0.2, 0.25) is 0 Å². The van der Waals surface area contributed by atoms with Crippen molar-refractivity contribution in [2.24, 2.45) is 4.99 Å². The number of alkyl halides is 3. The standard InChI is InChI=1S/C17H9F3N2/c18-17(19,20)16(11-8-13-4-2-1-3-5-13)22-15-9-6-14(12-21)7-10-15/h1-7,9-10H. The van der Waals surface area contributed by atoms with Crippen LogP contribution in [0.1, 0.15) is 11.1 Å². The van der Waals surface area contributed by atoms with Crippen molar-refractivity contribution in [3.8, 4) is 17.9 Å². The molecule has 0 aliphatic rings. The molecule has 0 heterocycles. The summed E-state index contributed by atoms with van der Waals surface area (Å²) in [6.07, 6.45) is -4.64. The number of benzene rings is 2. The van der Waals surface area contributed by atoms with Crippen LogP contribution in [0, 0.1) is 23.2 Å². The molecule has 0 aromatic heterocycles. The zero-order chi connectivity index (χ0) is 16.0. The summed E-state index contributed by atoms with van der Waals surface area (Å²) < 4.78 is 38.9. The van der Waals surface area contributed by atoms with E-state index < -0.39 is 11.9 Å². The van der Waals surface area contributed by atoms with Gasteiger partial charge < -0.3 is 0 Å². The Hall–Kier alpha value is -3.05. The highest BCUT2D eigenvalue weighted by Gasteiger charge is 2.34. The van der Waals surface area contributed by atoms with Gasteiger partial charge in [0.25, 0.3) is 0 Å². The van der Waals surface area contributed by atoms with Crippen molar-refractivity contribution < 1.29 is 13.2 Å². The molecule has 2 aromatic carbocycles. The van der Waals surface area contributed by atoms with Gasteiger partial charge in [-0.3, -0.25) is 0 Å². The number of hydrogen-bond donors (Lipinski definition) is 0. The molecule has 0 unspecified atom stereocenters. The molecule has 2 nitrogen and oxygen atoms in total. The summed E-state index contributed by atoms with van der Waals surface area (Å²) in [5.41, 5.74) is -0.267. The van der Waals surface area contributed by atoms with Gasteiger partial charge in [0.1, 0.15) is 0 Å². The van der Waals surface area contributed by atoms with Crippen LogP contribution in [0.25, 0.3) is 0 Å². The van der Waals surface area contributed by atoms with E-state index in [4.69, 9.17) is 5.26 Å². The fourth-order valence-corrected chi connectivity index (χ4v) is 1.55. The molecule has 0 bridgehead atoms. The lowest BCUT2D eigenvalue weighted by atomic mass is 10.2. The minimum absolute atomic E-state index is 0.0914. The topological polar surface area (TPSA) is 36.1 Å². The second-order valence-electron chi connectivity index (χ2n) is 4.23. The number of hydrogen-bond acceptors (Lipinski definition) is 2. The summed E-state index contributed by atoms with van der Waals surface area (Å²) in [5, 5.41) is 8.66. The maximum absolute atomic E-state index is 13.0. The quantitative estimate of drug-likeness (QED) is 0.573. The molecule has 108 valence electrons. The Kier molecular flexibility index (Phi) is 4.60. The van der Waals surface area contributed by atoms with Gasteiger partial charge in [-0.2, -0.15) is 18.4 Å². The lowest BCUT2D eigenvalue weighted by Gasteiger charge is -2.04. The van der Waals surface area contributed by atoms with E-state index >= 15 is 0 Å². The average Bonchev–Trinajstić information content (AvgIpc) is 2.52. The normalized spacial score (nSPS) is 11.3. The molecule has 2 rings (SSSR count). The number of aliphatic imine (C=N–C) groups is 1. The molecule has 5 heteroatoms. The average molecular weight is 298 g/mol. The van der Waals surface area contributed by atoms with Crippen LogP contribution in [0.5, 0.6) is 0 Å². The second-order valence-corrected chi connectivity index (χ2v) is 4.23. The monoisotopic (exact) mass is 298 g/mol. The van der Waals surface area contributed by atoms with Crippen molar-refractivity contribution in [3.63, 3.8) is 0 Å². The van der Waals surface area contributed by atoms with Crippen LogP contribution >= 0.6 is 0 Å². The molecule has 0 spiro atoms. The van der Waals surface area contributed by atoms with Gasteiger partial charge in [0.05, 0.1) is 17.3 Å². The van der Waals surface area contributed by atoms with Crippen LogP contribution in [0.2, 0.25) is 0 Å². The minimum atomic E-state index is -4.64. The van der Waals surface area contributed by atoms with Crippen molar-refractivity contribution in [3.05, 3.63) is 65.7 Å². The van der Waals surface area contributed by atoms with Crippen molar-refractivity contribution in [2.45, 2.75) is 6.18 Å². The van der Waals surface area contributed by atoms with E-state index in [2.05, 4.69) is 16.8 Å². The van der Waals surface area contributed by atoms with E-state index in [1.54, 1.807) is 30.3 Å². The summed E-state index contributed by atoms with van der Waals surface area (Å²) in [5.74, 6) is 4.50. The smallest absolute Gasteiger partial charge is 0.235 e. The van der Waals surface area contributed by atoms with E-state index in [9.17, 15) is 13.2 Å². The lowest BCUT2D eigenvalue weighted by Crippen LogP contribution is -2.21. The van der Waals surface area contributed by atoms with Crippen molar-refractivity contribution >= 4 is 11.4 Å². The molecular weight excluding hydrogens is 289 g/mol. The first kappa shape index (κ1) is 15.3. The maximum Gasteiger partial charge on any atom is 0.441 e. The fraction of sp³-hybridized carbons (Fsp3) is 0.0588. The molecule has 0 amide bonds. The number of rotatable bonds is 1. The molecule has 0 atom stereocenters.